The Hall–Kier alpha value is -2.69. The Morgan fingerprint density at radius 3 is 1.83 bits per heavy atom. The topological polar surface area (TPSA) is 200 Å². The number of hydrogen-bond acceptors (Lipinski definition) is 6. The molecular formula is C12H22N6O5. The summed E-state index contributed by atoms with van der Waals surface area (Å²) in [6.45, 7) is 2.36. The van der Waals surface area contributed by atoms with Gasteiger partial charge in [-0.1, -0.05) is 0 Å². The highest BCUT2D eigenvalue weighted by Crippen LogP contribution is 1.95. The molecular weight excluding hydrogens is 308 g/mol. The SMILES string of the molecule is C[C@H](NC(=O)[C@H](C)NC(=O)[C@H](CC(N)=O)NC(=O)CN)C(N)=O. The molecule has 0 unspecified atom stereocenters. The van der Waals surface area contributed by atoms with E-state index in [-0.39, 0.29) is 6.54 Å². The van der Waals surface area contributed by atoms with Gasteiger partial charge < -0.3 is 33.2 Å². The van der Waals surface area contributed by atoms with Crippen LogP contribution in [0.25, 0.3) is 0 Å². The fourth-order valence-corrected chi connectivity index (χ4v) is 1.45. The quantitative estimate of drug-likeness (QED) is 0.247. The smallest absolute Gasteiger partial charge is 0.243 e. The highest BCUT2D eigenvalue weighted by molar-refractivity contribution is 5.95. The van der Waals surface area contributed by atoms with Gasteiger partial charge in [0.25, 0.3) is 0 Å². The van der Waals surface area contributed by atoms with Gasteiger partial charge in [-0.15, -0.1) is 0 Å². The number of carbonyl (C=O) groups excluding carboxylic acids is 5. The van der Waals surface area contributed by atoms with Crippen molar-refractivity contribution in [2.45, 2.75) is 38.4 Å². The molecule has 3 atom stereocenters. The number of amides is 5. The highest BCUT2D eigenvalue weighted by atomic mass is 16.2. The summed E-state index contributed by atoms with van der Waals surface area (Å²) in [5.41, 5.74) is 15.1. The van der Waals surface area contributed by atoms with Crippen LogP contribution in [0.15, 0.2) is 0 Å². The van der Waals surface area contributed by atoms with Crippen LogP contribution in [0.5, 0.6) is 0 Å². The molecule has 0 aromatic carbocycles. The Labute approximate surface area is 132 Å². The first-order valence-electron chi connectivity index (χ1n) is 6.76. The maximum atomic E-state index is 12.0. The third kappa shape index (κ3) is 7.76. The lowest BCUT2D eigenvalue weighted by molar-refractivity contribution is -0.133. The van der Waals surface area contributed by atoms with E-state index >= 15 is 0 Å². The van der Waals surface area contributed by atoms with E-state index in [1.807, 2.05) is 0 Å². The van der Waals surface area contributed by atoms with Crippen LogP contribution >= 0.6 is 0 Å². The number of hydrogen-bond donors (Lipinski definition) is 6. The molecule has 0 aromatic rings. The van der Waals surface area contributed by atoms with Crippen molar-refractivity contribution in [2.75, 3.05) is 6.54 Å². The van der Waals surface area contributed by atoms with Crippen LogP contribution < -0.4 is 33.2 Å². The fourth-order valence-electron chi connectivity index (χ4n) is 1.45. The number of carbonyl (C=O) groups is 5. The molecule has 23 heavy (non-hydrogen) atoms. The number of nitrogens with two attached hydrogens (primary N) is 3. The Morgan fingerprint density at radius 1 is 0.870 bits per heavy atom. The van der Waals surface area contributed by atoms with E-state index in [2.05, 4.69) is 16.0 Å². The van der Waals surface area contributed by atoms with Crippen molar-refractivity contribution in [3.63, 3.8) is 0 Å². The molecule has 0 saturated heterocycles. The zero-order chi connectivity index (χ0) is 18.2. The van der Waals surface area contributed by atoms with Gasteiger partial charge in [-0.05, 0) is 13.8 Å². The standard InChI is InChI=1S/C12H22N6O5/c1-5(10(15)21)16-11(22)6(2)17-12(23)7(3-8(14)19)18-9(20)4-13/h5-7H,3-4,13H2,1-2H3,(H2,14,19)(H2,15,21)(H,16,22)(H,17,23)(H,18,20)/t5-,6-,7-/m0/s1. The van der Waals surface area contributed by atoms with Gasteiger partial charge in [0.1, 0.15) is 18.1 Å². The van der Waals surface area contributed by atoms with Crippen molar-refractivity contribution in [2.24, 2.45) is 17.2 Å². The number of nitrogens with one attached hydrogen (secondary N) is 3. The summed E-state index contributed by atoms with van der Waals surface area (Å²) in [6.07, 6.45) is -0.455. The fraction of sp³-hybridized carbons (Fsp3) is 0.583. The average Bonchev–Trinajstić information content (AvgIpc) is 2.45. The van der Waals surface area contributed by atoms with Crippen molar-refractivity contribution >= 4 is 29.5 Å². The Balaban J connectivity index is 4.76. The van der Waals surface area contributed by atoms with E-state index in [4.69, 9.17) is 17.2 Å². The van der Waals surface area contributed by atoms with Gasteiger partial charge in [-0.25, -0.2) is 0 Å². The summed E-state index contributed by atoms with van der Waals surface area (Å²) in [5.74, 6) is -3.67. The van der Waals surface area contributed by atoms with Crippen molar-refractivity contribution in [1.29, 1.82) is 0 Å². The van der Waals surface area contributed by atoms with Crippen LogP contribution in [0.3, 0.4) is 0 Å². The van der Waals surface area contributed by atoms with E-state index in [1.165, 1.54) is 13.8 Å². The maximum Gasteiger partial charge on any atom is 0.243 e. The summed E-state index contributed by atoms with van der Waals surface area (Å²) < 4.78 is 0. The van der Waals surface area contributed by atoms with Gasteiger partial charge in [0.05, 0.1) is 13.0 Å². The Morgan fingerprint density at radius 2 is 1.39 bits per heavy atom. The molecule has 0 aromatic heterocycles. The third-order valence-corrected chi connectivity index (χ3v) is 2.78. The van der Waals surface area contributed by atoms with Crippen LogP contribution in [0, 0.1) is 0 Å². The van der Waals surface area contributed by atoms with Crippen LogP contribution in [-0.4, -0.2) is 54.2 Å². The number of primary amides is 2. The second-order valence-corrected chi connectivity index (χ2v) is 4.86. The molecule has 0 fully saturated rings. The molecule has 0 heterocycles. The van der Waals surface area contributed by atoms with Gasteiger partial charge in [0.15, 0.2) is 0 Å². The van der Waals surface area contributed by atoms with Gasteiger partial charge in [-0.3, -0.25) is 24.0 Å². The van der Waals surface area contributed by atoms with Gasteiger partial charge in [0.2, 0.25) is 29.5 Å². The van der Waals surface area contributed by atoms with Crippen LogP contribution in [-0.2, 0) is 24.0 Å². The lowest BCUT2D eigenvalue weighted by Gasteiger charge is -2.21. The molecule has 5 amide bonds. The van der Waals surface area contributed by atoms with Crippen LogP contribution in [0.4, 0.5) is 0 Å². The Bertz CT molecular complexity index is 494. The minimum absolute atomic E-state index is 0.380. The summed E-state index contributed by atoms with van der Waals surface area (Å²) in [4.78, 5) is 56.9. The van der Waals surface area contributed by atoms with Crippen molar-refractivity contribution < 1.29 is 24.0 Å². The van der Waals surface area contributed by atoms with Crippen LogP contribution in [0.2, 0.25) is 0 Å². The van der Waals surface area contributed by atoms with Crippen molar-refractivity contribution in [3.05, 3.63) is 0 Å². The first kappa shape index (κ1) is 20.3. The van der Waals surface area contributed by atoms with E-state index in [0.29, 0.717) is 0 Å². The van der Waals surface area contributed by atoms with Crippen molar-refractivity contribution in [3.8, 4) is 0 Å². The zero-order valence-electron chi connectivity index (χ0n) is 12.9. The van der Waals surface area contributed by atoms with E-state index < -0.39 is 54.1 Å². The molecule has 0 rings (SSSR count). The largest absolute Gasteiger partial charge is 0.370 e. The highest BCUT2D eigenvalue weighted by Gasteiger charge is 2.26. The summed E-state index contributed by atoms with van der Waals surface area (Å²) in [5, 5.41) is 6.80. The Kier molecular flexibility index (Phi) is 8.26. The van der Waals surface area contributed by atoms with Gasteiger partial charge in [0, 0.05) is 0 Å². The first-order valence-corrected chi connectivity index (χ1v) is 6.76. The summed E-state index contributed by atoms with van der Waals surface area (Å²) >= 11 is 0. The zero-order valence-corrected chi connectivity index (χ0v) is 12.9. The molecule has 0 saturated carbocycles. The third-order valence-electron chi connectivity index (χ3n) is 2.78. The normalized spacial score (nSPS) is 14.0. The lowest BCUT2D eigenvalue weighted by Crippen LogP contribution is -2.56. The summed E-state index contributed by atoms with van der Waals surface area (Å²) in [7, 11) is 0. The molecule has 11 nitrogen and oxygen atoms in total. The first-order chi connectivity index (χ1) is 10.6. The molecule has 0 aliphatic carbocycles. The molecule has 0 bridgehead atoms. The molecule has 0 aliphatic heterocycles. The maximum absolute atomic E-state index is 12.0. The average molecular weight is 330 g/mol. The minimum Gasteiger partial charge on any atom is -0.370 e. The van der Waals surface area contributed by atoms with Gasteiger partial charge >= 0.3 is 0 Å². The molecule has 0 radical (unpaired) electrons. The predicted octanol–water partition coefficient (Wildman–Crippen LogP) is -4.20. The molecule has 9 N–H and O–H groups in total. The molecule has 11 heteroatoms. The molecule has 130 valence electrons. The van der Waals surface area contributed by atoms with E-state index in [0.717, 1.165) is 0 Å². The summed E-state index contributed by atoms with van der Waals surface area (Å²) in [6, 6.07) is -3.21. The monoisotopic (exact) mass is 330 g/mol. The van der Waals surface area contributed by atoms with Gasteiger partial charge in [-0.2, -0.15) is 0 Å². The minimum atomic E-state index is -1.26. The van der Waals surface area contributed by atoms with E-state index in [1.54, 1.807) is 0 Å². The van der Waals surface area contributed by atoms with Crippen molar-refractivity contribution in [1.82, 2.24) is 16.0 Å². The second kappa shape index (κ2) is 9.35. The second-order valence-electron chi connectivity index (χ2n) is 4.86. The van der Waals surface area contributed by atoms with E-state index in [9.17, 15) is 24.0 Å². The predicted molar refractivity (Wildman–Crippen MR) is 79.2 cm³/mol. The lowest BCUT2D eigenvalue weighted by atomic mass is 10.1. The number of rotatable bonds is 9. The van der Waals surface area contributed by atoms with Crippen LogP contribution in [0.1, 0.15) is 20.3 Å². The molecule has 0 spiro atoms. The molecule has 0 aliphatic rings.